The van der Waals surface area contributed by atoms with Crippen LogP contribution in [0.1, 0.15) is 5.56 Å². The Balaban J connectivity index is 1.78. The van der Waals surface area contributed by atoms with E-state index >= 15 is 0 Å². The Morgan fingerprint density at radius 3 is 2.26 bits per heavy atom. The highest BCUT2D eigenvalue weighted by Gasteiger charge is 2.37. The number of anilines is 1. The average Bonchev–Trinajstić information content (AvgIpc) is 2.87. The van der Waals surface area contributed by atoms with E-state index in [-0.39, 0.29) is 17.3 Å². The van der Waals surface area contributed by atoms with Crippen molar-refractivity contribution >= 4 is 40.7 Å². The number of methoxy groups -OCH3 is 2. The number of imide groups is 1. The highest BCUT2D eigenvalue weighted by molar-refractivity contribution is 6.48. The minimum absolute atomic E-state index is 0.0106. The van der Waals surface area contributed by atoms with Crippen molar-refractivity contribution in [1.29, 1.82) is 0 Å². The van der Waals surface area contributed by atoms with Gasteiger partial charge in [-0.25, -0.2) is 0 Å². The van der Waals surface area contributed by atoms with E-state index in [0.29, 0.717) is 22.2 Å². The average molecular weight is 407 g/mol. The quantitative estimate of drug-likeness (QED) is 0.739. The van der Waals surface area contributed by atoms with Crippen molar-refractivity contribution < 1.29 is 19.1 Å². The molecule has 3 rings (SSSR count). The van der Waals surface area contributed by atoms with Crippen molar-refractivity contribution in [3.63, 3.8) is 0 Å². The molecule has 0 radical (unpaired) electrons. The topological polar surface area (TPSA) is 67.9 Å². The van der Waals surface area contributed by atoms with E-state index in [1.807, 2.05) is 0 Å². The first-order valence-electron chi connectivity index (χ1n) is 7.94. The maximum absolute atomic E-state index is 12.7. The van der Waals surface area contributed by atoms with Gasteiger partial charge in [-0.3, -0.25) is 14.5 Å². The molecule has 0 unspecified atom stereocenters. The summed E-state index contributed by atoms with van der Waals surface area (Å²) in [4.78, 5) is 26.2. The van der Waals surface area contributed by atoms with Gasteiger partial charge >= 0.3 is 0 Å². The monoisotopic (exact) mass is 406 g/mol. The molecule has 1 heterocycles. The number of carbonyl (C=O) groups excluding carboxylic acids is 2. The van der Waals surface area contributed by atoms with Gasteiger partial charge in [-0.15, -0.1) is 0 Å². The summed E-state index contributed by atoms with van der Waals surface area (Å²) < 4.78 is 10.2. The van der Waals surface area contributed by atoms with Crippen LogP contribution in [-0.4, -0.2) is 30.9 Å². The first-order valence-corrected chi connectivity index (χ1v) is 8.69. The van der Waals surface area contributed by atoms with Gasteiger partial charge in [-0.05, 0) is 35.9 Å². The molecule has 0 bridgehead atoms. The third-order valence-electron chi connectivity index (χ3n) is 4.03. The minimum atomic E-state index is -0.556. The Morgan fingerprint density at radius 1 is 0.963 bits per heavy atom. The molecule has 6 nitrogen and oxygen atoms in total. The fourth-order valence-corrected chi connectivity index (χ4v) is 3.09. The normalized spacial score (nSPS) is 14.0. The molecule has 0 aromatic heterocycles. The van der Waals surface area contributed by atoms with Crippen LogP contribution in [0.2, 0.25) is 5.02 Å². The molecule has 0 saturated heterocycles. The molecule has 0 aliphatic carbocycles. The van der Waals surface area contributed by atoms with Gasteiger partial charge in [0.1, 0.15) is 22.2 Å². The van der Waals surface area contributed by atoms with Gasteiger partial charge < -0.3 is 14.8 Å². The lowest BCUT2D eigenvalue weighted by Crippen LogP contribution is -2.31. The summed E-state index contributed by atoms with van der Waals surface area (Å²) >= 11 is 12.2. The van der Waals surface area contributed by atoms with Gasteiger partial charge in [0.2, 0.25) is 0 Å². The first kappa shape index (κ1) is 19.1. The van der Waals surface area contributed by atoms with Crippen molar-refractivity contribution in [1.82, 2.24) is 4.90 Å². The second-order valence-electron chi connectivity index (χ2n) is 5.71. The summed E-state index contributed by atoms with van der Waals surface area (Å²) in [5, 5.41) is 3.07. The summed E-state index contributed by atoms with van der Waals surface area (Å²) in [6.45, 7) is 0.104. The molecule has 1 aliphatic heterocycles. The number of benzene rings is 2. The summed E-state index contributed by atoms with van der Waals surface area (Å²) in [6.07, 6.45) is 0. The van der Waals surface area contributed by atoms with Crippen LogP contribution in [0.15, 0.2) is 53.2 Å². The number of halogens is 2. The van der Waals surface area contributed by atoms with Crippen molar-refractivity contribution in [3.05, 3.63) is 63.8 Å². The Bertz CT molecular complexity index is 926. The minimum Gasteiger partial charge on any atom is -0.497 e. The third-order valence-corrected chi connectivity index (χ3v) is 4.68. The number of hydrogen-bond donors (Lipinski definition) is 1. The van der Waals surface area contributed by atoms with Gasteiger partial charge in [0, 0.05) is 5.69 Å². The van der Waals surface area contributed by atoms with Crippen LogP contribution in [0.4, 0.5) is 5.69 Å². The lowest BCUT2D eigenvalue weighted by atomic mass is 10.2. The van der Waals surface area contributed by atoms with Crippen LogP contribution in [0.3, 0.4) is 0 Å². The number of ether oxygens (including phenoxy) is 2. The van der Waals surface area contributed by atoms with Crippen LogP contribution in [0.25, 0.3) is 0 Å². The van der Waals surface area contributed by atoms with Crippen molar-refractivity contribution in [2.24, 2.45) is 0 Å². The smallest absolute Gasteiger partial charge is 0.279 e. The Morgan fingerprint density at radius 2 is 1.67 bits per heavy atom. The maximum Gasteiger partial charge on any atom is 0.279 e. The number of nitrogens with one attached hydrogen (secondary N) is 1. The highest BCUT2D eigenvalue weighted by Crippen LogP contribution is 2.31. The zero-order valence-corrected chi connectivity index (χ0v) is 16.1. The van der Waals surface area contributed by atoms with Gasteiger partial charge in [0.15, 0.2) is 0 Å². The molecule has 0 fully saturated rings. The van der Waals surface area contributed by atoms with Crippen LogP contribution in [-0.2, 0) is 16.1 Å². The summed E-state index contributed by atoms with van der Waals surface area (Å²) in [7, 11) is 3.07. The van der Waals surface area contributed by atoms with E-state index in [2.05, 4.69) is 5.32 Å². The number of rotatable bonds is 6. The molecule has 27 heavy (non-hydrogen) atoms. The molecule has 2 aromatic rings. The largest absolute Gasteiger partial charge is 0.497 e. The van der Waals surface area contributed by atoms with E-state index in [4.69, 9.17) is 32.7 Å². The van der Waals surface area contributed by atoms with Crippen LogP contribution < -0.4 is 14.8 Å². The number of nitrogens with zero attached hydrogens (tertiary/aromatic N) is 1. The maximum atomic E-state index is 12.7. The van der Waals surface area contributed by atoms with Crippen LogP contribution in [0, 0.1) is 0 Å². The third kappa shape index (κ3) is 3.86. The van der Waals surface area contributed by atoms with Crippen LogP contribution >= 0.6 is 23.2 Å². The predicted octanol–water partition coefficient (Wildman–Crippen LogP) is 3.79. The molecule has 1 aliphatic rings. The molecule has 0 spiro atoms. The number of amides is 2. The van der Waals surface area contributed by atoms with E-state index in [1.165, 1.54) is 7.11 Å². The van der Waals surface area contributed by atoms with E-state index < -0.39 is 11.8 Å². The van der Waals surface area contributed by atoms with Gasteiger partial charge in [-0.2, -0.15) is 0 Å². The summed E-state index contributed by atoms with van der Waals surface area (Å²) in [6, 6.07) is 12.0. The highest BCUT2D eigenvalue weighted by atomic mass is 35.5. The standard InChI is InChI=1S/C19H16Cl2N2O4/c1-26-13-6-3-11(4-7-13)10-23-18(24)16(21)17(19(23)25)22-12-5-8-15(27-2)14(20)9-12/h3-9,22H,10H2,1-2H3. The molecule has 1 N–H and O–H groups in total. The second kappa shape index (κ2) is 7.90. The van der Waals surface area contributed by atoms with E-state index in [1.54, 1.807) is 49.6 Å². The van der Waals surface area contributed by atoms with E-state index in [9.17, 15) is 9.59 Å². The molecule has 140 valence electrons. The zero-order valence-electron chi connectivity index (χ0n) is 14.6. The van der Waals surface area contributed by atoms with E-state index in [0.717, 1.165) is 10.5 Å². The molecule has 0 atom stereocenters. The van der Waals surface area contributed by atoms with Gasteiger partial charge in [0.25, 0.3) is 11.8 Å². The van der Waals surface area contributed by atoms with Crippen LogP contribution in [0.5, 0.6) is 11.5 Å². The second-order valence-corrected chi connectivity index (χ2v) is 6.49. The zero-order chi connectivity index (χ0) is 19.6. The summed E-state index contributed by atoms with van der Waals surface area (Å²) in [5.41, 5.74) is 1.30. The SMILES string of the molecule is COc1ccc(CN2C(=O)C(Cl)=C(Nc3ccc(OC)c(Cl)c3)C2=O)cc1. The molecule has 0 saturated carbocycles. The fraction of sp³-hybridized carbons (Fsp3) is 0.158. The summed E-state index contributed by atoms with van der Waals surface area (Å²) in [5.74, 6) is 0.123. The lowest BCUT2D eigenvalue weighted by molar-refractivity contribution is -0.138. The molecular formula is C19H16Cl2N2O4. The number of carbonyl (C=O) groups is 2. The van der Waals surface area contributed by atoms with Crippen molar-refractivity contribution in [2.75, 3.05) is 19.5 Å². The Hall–Kier alpha value is -2.70. The lowest BCUT2D eigenvalue weighted by Gasteiger charge is -2.15. The van der Waals surface area contributed by atoms with Gasteiger partial charge in [-0.1, -0.05) is 35.3 Å². The van der Waals surface area contributed by atoms with Crippen molar-refractivity contribution in [2.45, 2.75) is 6.54 Å². The van der Waals surface area contributed by atoms with Gasteiger partial charge in [0.05, 0.1) is 25.8 Å². The fourth-order valence-electron chi connectivity index (χ4n) is 2.60. The molecule has 8 heteroatoms. The predicted molar refractivity (Wildman–Crippen MR) is 103 cm³/mol. The van der Waals surface area contributed by atoms with Crippen molar-refractivity contribution in [3.8, 4) is 11.5 Å². The Labute approximate surface area is 166 Å². The molecule has 2 aromatic carbocycles. The molecular weight excluding hydrogens is 391 g/mol. The Kier molecular flexibility index (Phi) is 5.58. The first-order chi connectivity index (χ1) is 12.9. The number of hydrogen-bond acceptors (Lipinski definition) is 5. The molecule has 2 amide bonds.